The van der Waals surface area contributed by atoms with Gasteiger partial charge in [0.2, 0.25) is 0 Å². The van der Waals surface area contributed by atoms with Crippen LogP contribution in [0.4, 0.5) is 0 Å². The number of halogens is 1. The van der Waals surface area contributed by atoms with E-state index in [2.05, 4.69) is 0 Å². The Bertz CT molecular complexity index is 298. The van der Waals surface area contributed by atoms with Crippen LogP contribution in [0.2, 0.25) is 0 Å². The summed E-state index contributed by atoms with van der Waals surface area (Å²) in [5.74, 6) is 1.44. The molecule has 1 aromatic carbocycles. The van der Waals surface area contributed by atoms with E-state index < -0.39 is 0 Å². The molecule has 0 saturated carbocycles. The molecule has 0 aliphatic carbocycles. The number of alkyl halides is 1. The maximum Gasteiger partial charge on any atom is 0.125 e. The number of benzene rings is 1. The van der Waals surface area contributed by atoms with Crippen molar-refractivity contribution < 1.29 is 4.74 Å². The Morgan fingerprint density at radius 3 is 2.14 bits per heavy atom. The summed E-state index contributed by atoms with van der Waals surface area (Å²) in [4.78, 5) is 0. The first-order valence-corrected chi connectivity index (χ1v) is 5.31. The predicted molar refractivity (Wildman–Crippen MR) is 61.3 cm³/mol. The van der Waals surface area contributed by atoms with Crippen molar-refractivity contribution in [3.8, 4) is 5.75 Å². The first-order chi connectivity index (χ1) is 6.46. The highest BCUT2D eigenvalue weighted by molar-refractivity contribution is 6.18. The van der Waals surface area contributed by atoms with Gasteiger partial charge in [0.25, 0.3) is 0 Å². The third-order valence-electron chi connectivity index (χ3n) is 2.11. The zero-order chi connectivity index (χ0) is 10.8. The fourth-order valence-corrected chi connectivity index (χ4v) is 1.32. The van der Waals surface area contributed by atoms with Gasteiger partial charge in [-0.2, -0.15) is 0 Å². The topological polar surface area (TPSA) is 9.23 Å². The van der Waals surface area contributed by atoms with Crippen molar-refractivity contribution >= 4 is 11.6 Å². The number of aryl methyl sites for hydroxylation is 2. The molecule has 0 heterocycles. The fraction of sp³-hybridized carbons (Fsp3) is 0.500. The average Bonchev–Trinajstić information content (AvgIpc) is 2.12. The van der Waals surface area contributed by atoms with Gasteiger partial charge in [0.05, 0.1) is 5.88 Å². The Labute approximate surface area is 91.0 Å². The molecule has 0 atom stereocenters. The van der Waals surface area contributed by atoms with Crippen LogP contribution in [0.15, 0.2) is 18.2 Å². The molecule has 78 valence electrons. The summed E-state index contributed by atoms with van der Waals surface area (Å²) in [6.45, 7) is 8.08. The van der Waals surface area contributed by atoms with Gasteiger partial charge < -0.3 is 4.74 Å². The van der Waals surface area contributed by atoms with Gasteiger partial charge in [0.1, 0.15) is 11.4 Å². The minimum Gasteiger partial charge on any atom is -0.486 e. The molecule has 0 aliphatic heterocycles. The first-order valence-electron chi connectivity index (χ1n) is 4.77. The van der Waals surface area contributed by atoms with E-state index in [0.717, 1.165) is 16.9 Å². The van der Waals surface area contributed by atoms with Gasteiger partial charge in [-0.1, -0.05) is 18.2 Å². The lowest BCUT2D eigenvalue weighted by Gasteiger charge is -2.26. The number of hydrogen-bond donors (Lipinski definition) is 0. The molecular weight excluding hydrogens is 196 g/mol. The molecule has 0 saturated heterocycles. The molecule has 0 bridgehead atoms. The molecule has 0 unspecified atom stereocenters. The van der Waals surface area contributed by atoms with Crippen LogP contribution in [0.5, 0.6) is 5.75 Å². The lowest BCUT2D eigenvalue weighted by molar-refractivity contribution is 0.132. The van der Waals surface area contributed by atoms with Crippen molar-refractivity contribution in [3.63, 3.8) is 0 Å². The Hall–Kier alpha value is -0.690. The maximum absolute atomic E-state index is 5.88. The molecule has 2 heteroatoms. The zero-order valence-electron chi connectivity index (χ0n) is 9.23. The predicted octanol–water partition coefficient (Wildman–Crippen LogP) is 3.70. The van der Waals surface area contributed by atoms with Crippen molar-refractivity contribution in [3.05, 3.63) is 29.3 Å². The van der Waals surface area contributed by atoms with Crippen molar-refractivity contribution in [1.82, 2.24) is 0 Å². The quantitative estimate of drug-likeness (QED) is 0.695. The first kappa shape index (κ1) is 11.4. The van der Waals surface area contributed by atoms with E-state index in [1.807, 2.05) is 45.9 Å². The molecule has 0 fully saturated rings. The number of rotatable bonds is 3. The van der Waals surface area contributed by atoms with E-state index in [1.165, 1.54) is 0 Å². The summed E-state index contributed by atoms with van der Waals surface area (Å²) in [5, 5.41) is 0. The number of hydrogen-bond acceptors (Lipinski definition) is 1. The molecule has 1 rings (SSSR count). The van der Waals surface area contributed by atoms with Crippen LogP contribution in [0, 0.1) is 13.8 Å². The lowest BCUT2D eigenvalue weighted by Crippen LogP contribution is -2.30. The molecule has 1 nitrogen and oxygen atoms in total. The van der Waals surface area contributed by atoms with Crippen molar-refractivity contribution in [2.24, 2.45) is 0 Å². The van der Waals surface area contributed by atoms with Crippen molar-refractivity contribution in [2.45, 2.75) is 33.3 Å². The standard InChI is InChI=1S/C12H17ClO/c1-9-6-5-7-10(2)11(9)14-12(3,4)8-13/h5-7H,8H2,1-4H3. The average molecular weight is 213 g/mol. The van der Waals surface area contributed by atoms with E-state index in [9.17, 15) is 0 Å². The summed E-state index contributed by atoms with van der Waals surface area (Å²) >= 11 is 5.82. The van der Waals surface area contributed by atoms with Gasteiger partial charge in [-0.15, -0.1) is 11.6 Å². The van der Waals surface area contributed by atoms with E-state index in [-0.39, 0.29) is 5.60 Å². The van der Waals surface area contributed by atoms with Gasteiger partial charge >= 0.3 is 0 Å². The summed E-state index contributed by atoms with van der Waals surface area (Å²) in [6, 6.07) is 6.13. The molecule has 0 spiro atoms. The minimum absolute atomic E-state index is 0.307. The molecule has 1 aromatic rings. The van der Waals surface area contributed by atoms with Crippen LogP contribution in [0.25, 0.3) is 0 Å². The molecular formula is C12H17ClO. The van der Waals surface area contributed by atoms with Crippen LogP contribution < -0.4 is 4.74 Å². The Kier molecular flexibility index (Phi) is 3.43. The molecule has 0 amide bonds. The van der Waals surface area contributed by atoms with E-state index in [0.29, 0.717) is 5.88 Å². The smallest absolute Gasteiger partial charge is 0.125 e. The Balaban J connectivity index is 2.97. The van der Waals surface area contributed by atoms with Crippen LogP contribution in [-0.2, 0) is 0 Å². The van der Waals surface area contributed by atoms with Gasteiger partial charge in [-0.3, -0.25) is 0 Å². The summed E-state index contributed by atoms with van der Waals surface area (Å²) < 4.78 is 5.88. The summed E-state index contributed by atoms with van der Waals surface area (Å²) in [5.41, 5.74) is 2.00. The van der Waals surface area contributed by atoms with Crippen LogP contribution in [-0.4, -0.2) is 11.5 Å². The van der Waals surface area contributed by atoms with Crippen molar-refractivity contribution in [1.29, 1.82) is 0 Å². The highest BCUT2D eigenvalue weighted by Crippen LogP contribution is 2.27. The molecule has 0 aromatic heterocycles. The largest absolute Gasteiger partial charge is 0.486 e. The molecule has 0 N–H and O–H groups in total. The van der Waals surface area contributed by atoms with E-state index in [4.69, 9.17) is 16.3 Å². The number of ether oxygens (including phenoxy) is 1. The van der Waals surface area contributed by atoms with Crippen LogP contribution in [0.1, 0.15) is 25.0 Å². The highest BCUT2D eigenvalue weighted by atomic mass is 35.5. The maximum atomic E-state index is 5.88. The van der Waals surface area contributed by atoms with Crippen molar-refractivity contribution in [2.75, 3.05) is 5.88 Å². The zero-order valence-corrected chi connectivity index (χ0v) is 9.98. The monoisotopic (exact) mass is 212 g/mol. The van der Waals surface area contributed by atoms with Gasteiger partial charge in [-0.25, -0.2) is 0 Å². The van der Waals surface area contributed by atoms with Crippen LogP contribution >= 0.6 is 11.6 Å². The van der Waals surface area contributed by atoms with E-state index >= 15 is 0 Å². The molecule has 0 aliphatic rings. The van der Waals surface area contributed by atoms with Gasteiger partial charge in [0.15, 0.2) is 0 Å². The Morgan fingerprint density at radius 1 is 1.21 bits per heavy atom. The number of para-hydroxylation sites is 1. The third-order valence-corrected chi connectivity index (χ3v) is 2.75. The minimum atomic E-state index is -0.307. The second kappa shape index (κ2) is 4.22. The third kappa shape index (κ3) is 2.65. The SMILES string of the molecule is Cc1cccc(C)c1OC(C)(C)CCl. The van der Waals surface area contributed by atoms with Gasteiger partial charge in [-0.05, 0) is 38.8 Å². The van der Waals surface area contributed by atoms with Gasteiger partial charge in [0, 0.05) is 0 Å². The molecule has 14 heavy (non-hydrogen) atoms. The Morgan fingerprint density at radius 2 is 1.71 bits per heavy atom. The fourth-order valence-electron chi connectivity index (χ4n) is 1.26. The van der Waals surface area contributed by atoms with Crippen LogP contribution in [0.3, 0.4) is 0 Å². The molecule has 0 radical (unpaired) electrons. The highest BCUT2D eigenvalue weighted by Gasteiger charge is 2.19. The second-order valence-corrected chi connectivity index (χ2v) is 4.48. The lowest BCUT2D eigenvalue weighted by atomic mass is 10.1. The summed E-state index contributed by atoms with van der Waals surface area (Å²) in [7, 11) is 0. The second-order valence-electron chi connectivity index (χ2n) is 4.22. The van der Waals surface area contributed by atoms with E-state index in [1.54, 1.807) is 0 Å². The normalized spacial score (nSPS) is 11.5. The summed E-state index contributed by atoms with van der Waals surface area (Å²) in [6.07, 6.45) is 0.